The average Bonchev–Trinajstić information content (AvgIpc) is 2.71. The van der Waals surface area contributed by atoms with Crippen molar-refractivity contribution in [3.63, 3.8) is 0 Å². The van der Waals surface area contributed by atoms with Gasteiger partial charge in [-0.25, -0.2) is 0 Å². The summed E-state index contributed by atoms with van der Waals surface area (Å²) in [5.41, 5.74) is 2.96. The Morgan fingerprint density at radius 1 is 1.11 bits per heavy atom. The maximum Gasteiger partial charge on any atom is 0.254 e. The molecule has 3 rings (SSSR count). The minimum absolute atomic E-state index is 0.0175. The molecule has 27 heavy (non-hydrogen) atoms. The molecule has 1 aliphatic rings. The third kappa shape index (κ3) is 5.01. The molecule has 0 radical (unpaired) electrons. The van der Waals surface area contributed by atoms with Crippen LogP contribution >= 0.6 is 0 Å². The quantitative estimate of drug-likeness (QED) is 0.776. The minimum atomic E-state index is -0.0175. The number of carbonyl (C=O) groups excluding carboxylic acids is 1. The summed E-state index contributed by atoms with van der Waals surface area (Å²) in [6, 6.07) is 13.6. The van der Waals surface area contributed by atoms with Gasteiger partial charge in [-0.3, -0.25) is 4.79 Å². The molecule has 1 amide bonds. The average molecular weight is 369 g/mol. The molecule has 1 aliphatic heterocycles. The van der Waals surface area contributed by atoms with Gasteiger partial charge in [0.15, 0.2) is 0 Å². The van der Waals surface area contributed by atoms with Crippen LogP contribution in [0.25, 0.3) is 0 Å². The summed E-state index contributed by atoms with van der Waals surface area (Å²) in [5.74, 6) is 1.21. The van der Waals surface area contributed by atoms with Gasteiger partial charge >= 0.3 is 0 Å². The highest BCUT2D eigenvalue weighted by Crippen LogP contribution is 2.25. The number of nitrogens with zero attached hydrogens (tertiary/aromatic N) is 1. The SMILES string of the molecule is COc1cc(OC)cc(C(=O)N2CCCC(OCc3cccc(C)c3)C2)c1. The molecule has 1 unspecified atom stereocenters. The Bertz CT molecular complexity index is 767. The van der Waals surface area contributed by atoms with Gasteiger partial charge in [0.1, 0.15) is 11.5 Å². The Morgan fingerprint density at radius 3 is 2.52 bits per heavy atom. The van der Waals surface area contributed by atoms with Gasteiger partial charge in [-0.2, -0.15) is 0 Å². The fraction of sp³-hybridized carbons (Fsp3) is 0.409. The number of benzene rings is 2. The molecule has 144 valence electrons. The Balaban J connectivity index is 1.64. The van der Waals surface area contributed by atoms with Crippen LogP contribution in [0.4, 0.5) is 0 Å². The first-order valence-corrected chi connectivity index (χ1v) is 9.28. The van der Waals surface area contributed by atoms with Gasteiger partial charge in [-0.05, 0) is 37.5 Å². The summed E-state index contributed by atoms with van der Waals surface area (Å²) in [6.07, 6.45) is 1.96. The second kappa shape index (κ2) is 8.91. The lowest BCUT2D eigenvalue weighted by Gasteiger charge is -2.33. The molecule has 1 heterocycles. The fourth-order valence-corrected chi connectivity index (χ4v) is 3.39. The number of aryl methyl sites for hydroxylation is 1. The topological polar surface area (TPSA) is 48.0 Å². The van der Waals surface area contributed by atoms with Crippen molar-refractivity contribution in [2.24, 2.45) is 0 Å². The lowest BCUT2D eigenvalue weighted by molar-refractivity contribution is -0.00675. The number of hydrogen-bond donors (Lipinski definition) is 0. The molecule has 2 aromatic rings. The maximum absolute atomic E-state index is 13.0. The van der Waals surface area contributed by atoms with Crippen molar-refractivity contribution in [2.45, 2.75) is 32.5 Å². The van der Waals surface area contributed by atoms with Crippen molar-refractivity contribution in [3.8, 4) is 11.5 Å². The lowest BCUT2D eigenvalue weighted by Crippen LogP contribution is -2.43. The normalized spacial score (nSPS) is 16.9. The van der Waals surface area contributed by atoms with Crippen LogP contribution in [0.2, 0.25) is 0 Å². The van der Waals surface area contributed by atoms with E-state index in [0.29, 0.717) is 30.2 Å². The molecule has 1 fully saturated rings. The second-order valence-corrected chi connectivity index (χ2v) is 6.92. The predicted octanol–water partition coefficient (Wildman–Crippen LogP) is 3.83. The zero-order valence-corrected chi connectivity index (χ0v) is 16.2. The summed E-state index contributed by atoms with van der Waals surface area (Å²) >= 11 is 0. The van der Waals surface area contributed by atoms with E-state index in [4.69, 9.17) is 14.2 Å². The van der Waals surface area contributed by atoms with Gasteiger partial charge in [0, 0.05) is 24.7 Å². The molecule has 0 N–H and O–H groups in total. The molecule has 2 aromatic carbocycles. The maximum atomic E-state index is 13.0. The summed E-state index contributed by atoms with van der Waals surface area (Å²) in [7, 11) is 3.16. The van der Waals surface area contributed by atoms with Gasteiger partial charge in [0.05, 0.1) is 26.9 Å². The molecule has 5 nitrogen and oxygen atoms in total. The van der Waals surface area contributed by atoms with Crippen LogP contribution in [0.3, 0.4) is 0 Å². The van der Waals surface area contributed by atoms with E-state index in [-0.39, 0.29) is 12.0 Å². The van der Waals surface area contributed by atoms with Crippen LogP contribution in [0.15, 0.2) is 42.5 Å². The lowest BCUT2D eigenvalue weighted by atomic mass is 10.1. The Labute approximate surface area is 160 Å². The van der Waals surface area contributed by atoms with Crippen molar-refractivity contribution < 1.29 is 19.0 Å². The van der Waals surface area contributed by atoms with E-state index < -0.39 is 0 Å². The Hall–Kier alpha value is -2.53. The van der Waals surface area contributed by atoms with Crippen molar-refractivity contribution in [1.82, 2.24) is 4.90 Å². The van der Waals surface area contributed by atoms with E-state index in [1.807, 2.05) is 11.0 Å². The van der Waals surface area contributed by atoms with Crippen molar-refractivity contribution in [3.05, 3.63) is 59.2 Å². The highest BCUT2D eigenvalue weighted by atomic mass is 16.5. The molecule has 0 saturated carbocycles. The second-order valence-electron chi connectivity index (χ2n) is 6.92. The van der Waals surface area contributed by atoms with E-state index in [0.717, 1.165) is 24.9 Å². The van der Waals surface area contributed by atoms with Crippen molar-refractivity contribution in [2.75, 3.05) is 27.3 Å². The zero-order chi connectivity index (χ0) is 19.2. The highest BCUT2D eigenvalue weighted by Gasteiger charge is 2.25. The van der Waals surface area contributed by atoms with Crippen LogP contribution in [0.1, 0.15) is 34.3 Å². The molecular formula is C22H27NO4. The largest absolute Gasteiger partial charge is 0.497 e. The van der Waals surface area contributed by atoms with Gasteiger partial charge in [-0.1, -0.05) is 29.8 Å². The number of hydrogen-bond acceptors (Lipinski definition) is 4. The molecule has 0 spiro atoms. The monoisotopic (exact) mass is 369 g/mol. The number of ether oxygens (including phenoxy) is 3. The molecule has 5 heteroatoms. The van der Waals surface area contributed by atoms with E-state index in [1.165, 1.54) is 5.56 Å². The summed E-state index contributed by atoms with van der Waals surface area (Å²) in [6.45, 7) is 3.99. The third-order valence-electron chi connectivity index (χ3n) is 4.83. The number of rotatable bonds is 6. The van der Waals surface area contributed by atoms with E-state index in [9.17, 15) is 4.79 Å². The Kier molecular flexibility index (Phi) is 6.35. The van der Waals surface area contributed by atoms with Crippen LogP contribution < -0.4 is 9.47 Å². The molecule has 0 aromatic heterocycles. The Morgan fingerprint density at radius 2 is 1.85 bits per heavy atom. The summed E-state index contributed by atoms with van der Waals surface area (Å²) in [4.78, 5) is 14.8. The van der Waals surface area contributed by atoms with Crippen molar-refractivity contribution in [1.29, 1.82) is 0 Å². The summed E-state index contributed by atoms with van der Waals surface area (Å²) in [5, 5.41) is 0. The van der Waals surface area contributed by atoms with Gasteiger partial charge < -0.3 is 19.1 Å². The molecular weight excluding hydrogens is 342 g/mol. The zero-order valence-electron chi connectivity index (χ0n) is 16.2. The van der Waals surface area contributed by atoms with Crippen molar-refractivity contribution >= 4 is 5.91 Å². The van der Waals surface area contributed by atoms with E-state index >= 15 is 0 Å². The van der Waals surface area contributed by atoms with Gasteiger partial charge in [-0.15, -0.1) is 0 Å². The molecule has 1 atom stereocenters. The van der Waals surface area contributed by atoms with Gasteiger partial charge in [0.2, 0.25) is 0 Å². The minimum Gasteiger partial charge on any atom is -0.497 e. The fourth-order valence-electron chi connectivity index (χ4n) is 3.39. The number of likely N-dealkylation sites (tertiary alicyclic amines) is 1. The molecule has 1 saturated heterocycles. The molecule has 0 bridgehead atoms. The first kappa shape index (κ1) is 19.2. The number of amides is 1. The van der Waals surface area contributed by atoms with Crippen LogP contribution in [-0.4, -0.2) is 44.2 Å². The standard InChI is InChI=1S/C22H27NO4/c1-16-6-4-7-17(10-16)15-27-19-8-5-9-23(14-19)22(24)18-11-20(25-2)13-21(12-18)26-3/h4,6-7,10-13,19H,5,8-9,14-15H2,1-3H3. The molecule has 0 aliphatic carbocycles. The highest BCUT2D eigenvalue weighted by molar-refractivity contribution is 5.95. The number of methoxy groups -OCH3 is 2. The van der Waals surface area contributed by atoms with Crippen LogP contribution in [-0.2, 0) is 11.3 Å². The smallest absolute Gasteiger partial charge is 0.254 e. The van der Waals surface area contributed by atoms with Gasteiger partial charge in [0.25, 0.3) is 5.91 Å². The number of piperidine rings is 1. The number of carbonyl (C=O) groups is 1. The first-order valence-electron chi connectivity index (χ1n) is 9.28. The first-order chi connectivity index (χ1) is 13.1. The van der Waals surface area contributed by atoms with Crippen LogP contribution in [0.5, 0.6) is 11.5 Å². The predicted molar refractivity (Wildman–Crippen MR) is 104 cm³/mol. The van der Waals surface area contributed by atoms with E-state index in [1.54, 1.807) is 32.4 Å². The third-order valence-corrected chi connectivity index (χ3v) is 4.83. The van der Waals surface area contributed by atoms with E-state index in [2.05, 4.69) is 25.1 Å². The van der Waals surface area contributed by atoms with Crippen LogP contribution in [0, 0.1) is 6.92 Å². The summed E-state index contributed by atoms with van der Waals surface area (Å²) < 4.78 is 16.6.